The summed E-state index contributed by atoms with van der Waals surface area (Å²) < 4.78 is 0. The Bertz CT molecular complexity index is 1060. The molecule has 0 aliphatic carbocycles. The molecule has 0 heteroatoms. The molecule has 0 saturated heterocycles. The van der Waals surface area contributed by atoms with E-state index in [9.17, 15) is 0 Å². The fourth-order valence-corrected chi connectivity index (χ4v) is 3.59. The van der Waals surface area contributed by atoms with Crippen LogP contribution >= 0.6 is 0 Å². The van der Waals surface area contributed by atoms with Crippen LogP contribution in [0.1, 0.15) is 29.2 Å². The Labute approximate surface area is 155 Å². The van der Waals surface area contributed by atoms with Crippen LogP contribution in [0.3, 0.4) is 0 Å². The lowest BCUT2D eigenvalue weighted by Crippen LogP contribution is -1.97. The molecule has 26 heavy (non-hydrogen) atoms. The lowest BCUT2D eigenvalue weighted by molar-refractivity contribution is 1.18. The molecule has 0 amide bonds. The van der Waals surface area contributed by atoms with Gasteiger partial charge in [-0.15, -0.1) is 0 Å². The number of benzene rings is 4. The van der Waals surface area contributed by atoms with E-state index in [-0.39, 0.29) is 0 Å². The highest BCUT2D eigenvalue weighted by molar-refractivity contribution is 5.90. The molecule has 4 aromatic carbocycles. The van der Waals surface area contributed by atoms with Gasteiger partial charge in [-0.1, -0.05) is 97.1 Å². The number of fused-ring (bicyclic) bond motifs is 1. The second-order valence-electron chi connectivity index (χ2n) is 6.58. The van der Waals surface area contributed by atoms with E-state index in [2.05, 4.69) is 110 Å². The molecular formula is C26H22. The Morgan fingerprint density at radius 3 is 2.19 bits per heavy atom. The zero-order valence-electron chi connectivity index (χ0n) is 15.0. The minimum atomic E-state index is 0.946. The van der Waals surface area contributed by atoms with Gasteiger partial charge in [-0.3, -0.25) is 0 Å². The molecule has 0 bridgehead atoms. The molecule has 0 saturated carbocycles. The topological polar surface area (TPSA) is 0 Å². The summed E-state index contributed by atoms with van der Waals surface area (Å²) >= 11 is 0. The van der Waals surface area contributed by atoms with E-state index in [4.69, 9.17) is 0 Å². The zero-order valence-corrected chi connectivity index (χ0v) is 15.0. The van der Waals surface area contributed by atoms with Crippen molar-refractivity contribution in [1.82, 2.24) is 0 Å². The summed E-state index contributed by atoms with van der Waals surface area (Å²) in [5, 5.41) is 2.56. The highest BCUT2D eigenvalue weighted by Crippen LogP contribution is 2.30. The first kappa shape index (κ1) is 16.4. The maximum Gasteiger partial charge on any atom is -0.00196 e. The lowest BCUT2D eigenvalue weighted by Gasteiger charge is -2.14. The molecule has 0 aliphatic heterocycles. The van der Waals surface area contributed by atoms with Gasteiger partial charge in [-0.25, -0.2) is 0 Å². The van der Waals surface area contributed by atoms with Gasteiger partial charge in [0.25, 0.3) is 0 Å². The second kappa shape index (κ2) is 7.41. The van der Waals surface area contributed by atoms with E-state index in [1.807, 2.05) is 0 Å². The molecule has 0 heterocycles. The van der Waals surface area contributed by atoms with Gasteiger partial charge in [0.2, 0.25) is 0 Å². The van der Waals surface area contributed by atoms with Crippen molar-refractivity contribution in [2.75, 3.05) is 0 Å². The summed E-state index contributed by atoms with van der Waals surface area (Å²) in [5.41, 5.74) is 6.58. The largest absolute Gasteiger partial charge is 0.0792 e. The molecule has 0 radical (unpaired) electrons. The van der Waals surface area contributed by atoms with Gasteiger partial charge in [-0.2, -0.15) is 0 Å². The molecule has 0 spiro atoms. The average Bonchev–Trinajstić information content (AvgIpc) is 2.70. The van der Waals surface area contributed by atoms with Crippen LogP contribution in [0.2, 0.25) is 0 Å². The van der Waals surface area contributed by atoms with Gasteiger partial charge in [0, 0.05) is 0 Å². The van der Waals surface area contributed by atoms with Crippen molar-refractivity contribution >= 4 is 16.3 Å². The highest BCUT2D eigenvalue weighted by Gasteiger charge is 2.10. The Kier molecular flexibility index (Phi) is 4.66. The smallest absolute Gasteiger partial charge is 0.00196 e. The van der Waals surface area contributed by atoms with Gasteiger partial charge in [0.05, 0.1) is 0 Å². The number of hydrogen-bond donors (Lipinski definition) is 0. The molecule has 0 unspecified atom stereocenters. The summed E-state index contributed by atoms with van der Waals surface area (Å²) in [5.74, 6) is 0. The van der Waals surface area contributed by atoms with Crippen LogP contribution in [-0.4, -0.2) is 0 Å². The Balaban J connectivity index is 1.77. The van der Waals surface area contributed by atoms with Crippen molar-refractivity contribution < 1.29 is 0 Å². The lowest BCUT2D eigenvalue weighted by atomic mass is 9.90. The molecule has 0 N–H and O–H groups in total. The van der Waals surface area contributed by atoms with Crippen molar-refractivity contribution in [3.8, 4) is 0 Å². The summed E-state index contributed by atoms with van der Waals surface area (Å²) in [7, 11) is 0. The maximum atomic E-state index is 2.30. The van der Waals surface area contributed by atoms with Crippen molar-refractivity contribution in [3.05, 3.63) is 125 Å². The second-order valence-corrected chi connectivity index (χ2v) is 6.58. The average molecular weight is 334 g/mol. The molecule has 4 aromatic rings. The monoisotopic (exact) mass is 334 g/mol. The molecule has 0 fully saturated rings. The van der Waals surface area contributed by atoms with Crippen LogP contribution in [0.15, 0.2) is 103 Å². The third-order valence-electron chi connectivity index (χ3n) is 4.89. The molecule has 0 aliphatic rings. The first-order valence-corrected chi connectivity index (χ1v) is 9.13. The van der Waals surface area contributed by atoms with Gasteiger partial charge in [-0.05, 0) is 58.0 Å². The number of hydrogen-bond acceptors (Lipinski definition) is 0. The van der Waals surface area contributed by atoms with Gasteiger partial charge < -0.3 is 0 Å². The maximum absolute atomic E-state index is 2.30. The van der Waals surface area contributed by atoms with Gasteiger partial charge in [0.1, 0.15) is 0 Å². The fourth-order valence-electron chi connectivity index (χ4n) is 3.59. The van der Waals surface area contributed by atoms with Crippen LogP contribution in [0.25, 0.3) is 16.3 Å². The van der Waals surface area contributed by atoms with Crippen molar-refractivity contribution in [2.24, 2.45) is 0 Å². The SMILES string of the molecule is CC=C(c1ccc2ccccc2c1)c1ccccc1Cc1ccccc1. The van der Waals surface area contributed by atoms with E-state index in [1.165, 1.54) is 38.6 Å². The molecule has 0 atom stereocenters. The van der Waals surface area contributed by atoms with E-state index >= 15 is 0 Å². The van der Waals surface area contributed by atoms with Crippen molar-refractivity contribution in [2.45, 2.75) is 13.3 Å². The van der Waals surface area contributed by atoms with E-state index < -0.39 is 0 Å². The van der Waals surface area contributed by atoms with Crippen molar-refractivity contribution in [1.29, 1.82) is 0 Å². The minimum Gasteiger partial charge on any atom is -0.0792 e. The first-order chi connectivity index (χ1) is 12.8. The van der Waals surface area contributed by atoms with Crippen LogP contribution in [-0.2, 0) is 6.42 Å². The van der Waals surface area contributed by atoms with Gasteiger partial charge in [0.15, 0.2) is 0 Å². The molecule has 4 rings (SSSR count). The summed E-state index contributed by atoms with van der Waals surface area (Å²) in [6.07, 6.45) is 3.18. The fraction of sp³-hybridized carbons (Fsp3) is 0.0769. The van der Waals surface area contributed by atoms with E-state index in [1.54, 1.807) is 0 Å². The van der Waals surface area contributed by atoms with E-state index in [0.717, 1.165) is 6.42 Å². The van der Waals surface area contributed by atoms with Crippen LogP contribution in [0.5, 0.6) is 0 Å². The molecule has 126 valence electrons. The van der Waals surface area contributed by atoms with Crippen LogP contribution < -0.4 is 0 Å². The predicted octanol–water partition coefficient (Wildman–Crippen LogP) is 6.88. The molecular weight excluding hydrogens is 312 g/mol. The number of allylic oxidation sites excluding steroid dienone is 1. The summed E-state index contributed by atoms with van der Waals surface area (Å²) in [6, 6.07) is 34.7. The molecule has 0 aromatic heterocycles. The third kappa shape index (κ3) is 3.32. The normalized spacial score (nSPS) is 11.7. The molecule has 0 nitrogen and oxygen atoms in total. The standard InChI is InChI=1S/C26H22/c1-2-25(24-17-16-21-12-6-7-13-22(21)19-24)26-15-9-8-14-23(26)18-20-10-4-3-5-11-20/h2-17,19H,18H2,1H3. The third-order valence-corrected chi connectivity index (χ3v) is 4.89. The highest BCUT2D eigenvalue weighted by atomic mass is 14.1. The Morgan fingerprint density at radius 2 is 1.38 bits per heavy atom. The quantitative estimate of drug-likeness (QED) is 0.381. The summed E-state index contributed by atoms with van der Waals surface area (Å²) in [4.78, 5) is 0. The van der Waals surface area contributed by atoms with Crippen molar-refractivity contribution in [3.63, 3.8) is 0 Å². The van der Waals surface area contributed by atoms with E-state index in [0.29, 0.717) is 0 Å². The number of rotatable bonds is 4. The zero-order chi connectivity index (χ0) is 17.8. The van der Waals surface area contributed by atoms with Crippen LogP contribution in [0, 0.1) is 0 Å². The minimum absolute atomic E-state index is 0.946. The Hall–Kier alpha value is -3.12. The Morgan fingerprint density at radius 1 is 0.692 bits per heavy atom. The first-order valence-electron chi connectivity index (χ1n) is 9.13. The predicted molar refractivity (Wildman–Crippen MR) is 112 cm³/mol. The van der Waals surface area contributed by atoms with Gasteiger partial charge >= 0.3 is 0 Å². The van der Waals surface area contributed by atoms with Crippen LogP contribution in [0.4, 0.5) is 0 Å². The summed E-state index contributed by atoms with van der Waals surface area (Å²) in [6.45, 7) is 2.13.